The molecule has 56 heavy (non-hydrogen) atoms. The van der Waals surface area contributed by atoms with Crippen LogP contribution >= 0.6 is 11.6 Å². The van der Waals surface area contributed by atoms with E-state index in [1.807, 2.05) is 30.5 Å². The summed E-state index contributed by atoms with van der Waals surface area (Å²) in [5.41, 5.74) is 2.92. The third kappa shape index (κ3) is 7.79. The zero-order valence-electron chi connectivity index (χ0n) is 30.9. The molecule has 15 heteroatoms. The number of piperazine rings is 1. The highest BCUT2D eigenvalue weighted by Crippen LogP contribution is 2.34. The number of nitriles is 1. The topological polar surface area (TPSA) is 168 Å². The molecule has 8 rings (SSSR count). The van der Waals surface area contributed by atoms with Crippen molar-refractivity contribution in [2.75, 3.05) is 60.9 Å². The highest BCUT2D eigenvalue weighted by Gasteiger charge is 2.45. The van der Waals surface area contributed by atoms with Crippen molar-refractivity contribution in [2.24, 2.45) is 11.8 Å². The monoisotopic (exact) mass is 778 g/mol. The molecule has 0 bridgehead atoms. The Morgan fingerprint density at radius 3 is 2.34 bits per heavy atom. The average Bonchev–Trinajstić information content (AvgIpc) is 3.77. The van der Waals surface area contributed by atoms with Gasteiger partial charge < -0.3 is 19.9 Å². The summed E-state index contributed by atoms with van der Waals surface area (Å²) in [5, 5.41) is 14.7. The number of benzene rings is 2. The lowest BCUT2D eigenvalue weighted by Crippen LogP contribution is -2.54. The Morgan fingerprint density at radius 1 is 0.875 bits per heavy atom. The molecule has 2 N–H and O–H groups in total. The van der Waals surface area contributed by atoms with E-state index in [2.05, 4.69) is 30.3 Å². The van der Waals surface area contributed by atoms with Crippen LogP contribution in [0.15, 0.2) is 54.7 Å². The van der Waals surface area contributed by atoms with Crippen LogP contribution in [0, 0.1) is 23.2 Å². The van der Waals surface area contributed by atoms with Crippen molar-refractivity contribution in [3.05, 3.63) is 76.4 Å². The maximum atomic E-state index is 13.3. The van der Waals surface area contributed by atoms with Gasteiger partial charge >= 0.3 is 0 Å². The first-order chi connectivity index (χ1) is 27.1. The van der Waals surface area contributed by atoms with Crippen LogP contribution in [0.3, 0.4) is 0 Å². The van der Waals surface area contributed by atoms with Gasteiger partial charge in [0.25, 0.3) is 11.8 Å². The number of rotatable bonds is 9. The van der Waals surface area contributed by atoms with Crippen molar-refractivity contribution in [1.29, 1.82) is 5.26 Å². The van der Waals surface area contributed by atoms with Crippen LogP contribution in [0.25, 0.3) is 0 Å². The number of carbonyl (C=O) groups excluding carboxylic acids is 5. The number of hydrogen-bond acceptors (Lipinski definition) is 11. The van der Waals surface area contributed by atoms with Crippen molar-refractivity contribution < 1.29 is 28.7 Å². The number of nitrogens with one attached hydrogen (secondary N) is 2. The Kier molecular flexibility index (Phi) is 10.6. The Hall–Kier alpha value is -5.52. The van der Waals surface area contributed by atoms with Crippen molar-refractivity contribution in [3.8, 4) is 11.8 Å². The van der Waals surface area contributed by atoms with Crippen molar-refractivity contribution in [3.63, 3.8) is 0 Å². The molecular formula is C41H43ClN8O6. The quantitative estimate of drug-likeness (QED) is 0.299. The fraction of sp³-hybridized carbons (Fsp3) is 0.439. The van der Waals surface area contributed by atoms with E-state index in [4.69, 9.17) is 21.6 Å². The zero-order valence-corrected chi connectivity index (χ0v) is 31.7. The van der Waals surface area contributed by atoms with Crippen molar-refractivity contribution in [1.82, 2.24) is 20.1 Å². The molecule has 3 aromatic rings. The predicted octanol–water partition coefficient (Wildman–Crippen LogP) is 4.23. The smallest absolute Gasteiger partial charge is 0.262 e. The number of nitrogens with zero attached hydrogens (tertiary/aromatic N) is 6. The highest BCUT2D eigenvalue weighted by atomic mass is 35.5. The largest absolute Gasteiger partial charge is 0.490 e. The Balaban J connectivity index is 0.762. The molecule has 5 amide bonds. The van der Waals surface area contributed by atoms with Crippen LogP contribution in [-0.4, -0.2) is 102 Å². The molecular weight excluding hydrogens is 736 g/mol. The van der Waals surface area contributed by atoms with Crippen LogP contribution in [0.5, 0.6) is 5.75 Å². The maximum Gasteiger partial charge on any atom is 0.262 e. The maximum absolute atomic E-state index is 13.3. The molecule has 5 aliphatic rings. The molecule has 3 atom stereocenters. The van der Waals surface area contributed by atoms with Crippen LogP contribution in [0.1, 0.15) is 71.2 Å². The van der Waals surface area contributed by atoms with E-state index in [1.165, 1.54) is 0 Å². The molecule has 290 valence electrons. The number of carbonyl (C=O) groups is 5. The average molecular weight is 779 g/mol. The molecule has 5 heterocycles. The summed E-state index contributed by atoms with van der Waals surface area (Å²) < 4.78 is 6.05. The number of ether oxygens (including phenoxy) is 1. The Morgan fingerprint density at radius 2 is 1.62 bits per heavy atom. The molecule has 2 aromatic carbocycles. The number of hydrogen-bond donors (Lipinski definition) is 2. The minimum atomic E-state index is -0.974. The van der Waals surface area contributed by atoms with Gasteiger partial charge in [-0.3, -0.25) is 39.1 Å². The lowest BCUT2D eigenvalue weighted by Gasteiger charge is -2.40. The second kappa shape index (κ2) is 15.9. The zero-order chi connectivity index (χ0) is 38.9. The Bertz CT molecular complexity index is 2090. The van der Waals surface area contributed by atoms with E-state index in [1.54, 1.807) is 30.3 Å². The van der Waals surface area contributed by atoms with Gasteiger partial charge in [0.1, 0.15) is 23.7 Å². The standard InChI is InChI=1S/C41H43ClN8O6/c42-34-21-31(6-2-27(34)22-43)56-30-5-1-26(19-30)38(52)45-36-9-4-29(23-44-36)48-13-11-25(12-14-48)24-47-15-17-49(18-16-47)28-3-7-32-33(20-28)41(55)50(40(32)54)35-8-10-37(51)46-39(35)53/h2-4,6-7,9,20-21,23,25-26,30,35H,1,5,8,10-19,24H2,(H,44,45,52)(H,46,51,53). The summed E-state index contributed by atoms with van der Waals surface area (Å²) in [6.07, 6.45) is 6.18. The molecule has 0 spiro atoms. The highest BCUT2D eigenvalue weighted by molar-refractivity contribution is 6.31. The van der Waals surface area contributed by atoms with Gasteiger partial charge in [-0.2, -0.15) is 5.26 Å². The summed E-state index contributed by atoms with van der Waals surface area (Å²) in [6, 6.07) is 15.3. The van der Waals surface area contributed by atoms with Crippen LogP contribution in [-0.2, 0) is 14.4 Å². The first kappa shape index (κ1) is 37.4. The molecule has 0 radical (unpaired) electrons. The number of piperidine rings is 2. The van der Waals surface area contributed by atoms with Gasteiger partial charge in [-0.25, -0.2) is 4.98 Å². The third-order valence-corrected chi connectivity index (χ3v) is 12.1. The van der Waals surface area contributed by atoms with Gasteiger partial charge in [0, 0.05) is 69.9 Å². The number of aromatic nitrogens is 1. The number of pyridine rings is 1. The van der Waals surface area contributed by atoms with Gasteiger partial charge in [0.05, 0.1) is 39.7 Å². The summed E-state index contributed by atoms with van der Waals surface area (Å²) in [4.78, 5) is 76.1. The lowest BCUT2D eigenvalue weighted by molar-refractivity contribution is -0.136. The Labute approximate surface area is 329 Å². The summed E-state index contributed by atoms with van der Waals surface area (Å²) in [5.74, 6) is -0.506. The van der Waals surface area contributed by atoms with E-state index >= 15 is 0 Å². The molecule has 3 unspecified atom stereocenters. The fourth-order valence-electron chi connectivity index (χ4n) is 8.60. The van der Waals surface area contributed by atoms with Gasteiger partial charge in [-0.05, 0) is 86.9 Å². The molecule has 1 saturated carbocycles. The second-order valence-electron chi connectivity index (χ2n) is 15.3. The number of amides is 5. The second-order valence-corrected chi connectivity index (χ2v) is 15.7. The number of halogens is 1. The van der Waals surface area contributed by atoms with E-state index in [0.29, 0.717) is 45.6 Å². The minimum absolute atomic E-state index is 0.0619. The molecule has 1 aromatic heterocycles. The fourth-order valence-corrected chi connectivity index (χ4v) is 8.81. The predicted molar refractivity (Wildman–Crippen MR) is 207 cm³/mol. The van der Waals surface area contributed by atoms with Crippen molar-refractivity contribution in [2.45, 2.75) is 57.1 Å². The summed E-state index contributed by atoms with van der Waals surface area (Å²) in [6.45, 7) is 6.28. The van der Waals surface area contributed by atoms with E-state index in [9.17, 15) is 24.0 Å². The summed E-state index contributed by atoms with van der Waals surface area (Å²) in [7, 11) is 0. The molecule has 14 nitrogen and oxygen atoms in total. The number of imide groups is 2. The first-order valence-electron chi connectivity index (χ1n) is 19.3. The summed E-state index contributed by atoms with van der Waals surface area (Å²) >= 11 is 6.14. The number of anilines is 3. The van der Waals surface area contributed by atoms with E-state index in [0.717, 1.165) is 87.8 Å². The third-order valence-electron chi connectivity index (χ3n) is 11.8. The first-order valence-corrected chi connectivity index (χ1v) is 19.7. The van der Waals surface area contributed by atoms with Gasteiger partial charge in [-0.1, -0.05) is 11.6 Å². The lowest BCUT2D eigenvalue weighted by atomic mass is 9.95. The number of fused-ring (bicyclic) bond motifs is 1. The van der Waals surface area contributed by atoms with Crippen LogP contribution in [0.4, 0.5) is 17.2 Å². The van der Waals surface area contributed by atoms with E-state index < -0.39 is 29.7 Å². The molecule has 4 aliphatic heterocycles. The molecule has 3 saturated heterocycles. The molecule has 1 aliphatic carbocycles. The normalized spacial score (nSPS) is 23.2. The van der Waals surface area contributed by atoms with Gasteiger partial charge in [0.2, 0.25) is 17.7 Å². The van der Waals surface area contributed by atoms with Crippen molar-refractivity contribution >= 4 is 58.3 Å². The SMILES string of the molecule is N#Cc1ccc(OC2CCC(C(=O)Nc3ccc(N4CCC(CN5CCN(c6ccc7c(c6)C(=O)N(C6CCC(=O)NC6=O)C7=O)CC5)CC4)cn3)C2)cc1Cl. The molecule has 4 fully saturated rings. The van der Waals surface area contributed by atoms with Gasteiger partial charge in [0.15, 0.2) is 0 Å². The van der Waals surface area contributed by atoms with E-state index in [-0.39, 0.29) is 30.8 Å². The van der Waals surface area contributed by atoms with Crippen LogP contribution in [0.2, 0.25) is 5.02 Å². The minimum Gasteiger partial charge on any atom is -0.490 e. The van der Waals surface area contributed by atoms with Gasteiger partial charge in [-0.15, -0.1) is 0 Å². The van der Waals surface area contributed by atoms with Crippen LogP contribution < -0.4 is 25.2 Å².